The van der Waals surface area contributed by atoms with Gasteiger partial charge in [-0.2, -0.15) is 0 Å². The maximum Gasteiger partial charge on any atom is 0.261 e. The lowest BCUT2D eigenvalue weighted by molar-refractivity contribution is 0.0929. The van der Waals surface area contributed by atoms with Gasteiger partial charge in [0.25, 0.3) is 5.91 Å². The van der Waals surface area contributed by atoms with Gasteiger partial charge in [-0.25, -0.2) is 0 Å². The minimum Gasteiger partial charge on any atom is -0.496 e. The first kappa shape index (κ1) is 15.3. The van der Waals surface area contributed by atoms with Crippen LogP contribution in [0.25, 0.3) is 0 Å². The van der Waals surface area contributed by atoms with Gasteiger partial charge in [-0.15, -0.1) is 23.7 Å². The van der Waals surface area contributed by atoms with Gasteiger partial charge in [0.1, 0.15) is 5.75 Å². The minimum atomic E-state index is 0. The fourth-order valence-electron chi connectivity index (χ4n) is 2.06. The number of carbonyl (C=O) groups is 1. The van der Waals surface area contributed by atoms with Crippen LogP contribution in [0.1, 0.15) is 29.4 Å². The van der Waals surface area contributed by atoms with Crippen LogP contribution in [0.3, 0.4) is 0 Å². The minimum absolute atomic E-state index is 0. The molecule has 2 rings (SSSR count). The molecule has 1 saturated heterocycles. The normalized spacial score (nSPS) is 23.0. The molecule has 1 aliphatic rings. The predicted molar refractivity (Wildman–Crippen MR) is 76.1 cm³/mol. The third-order valence-electron chi connectivity index (χ3n) is 2.99. The summed E-state index contributed by atoms with van der Waals surface area (Å²) in [5.41, 5.74) is 0. The molecule has 2 heterocycles. The van der Waals surface area contributed by atoms with E-state index < -0.39 is 0 Å². The molecule has 1 aromatic rings. The monoisotopic (exact) mass is 290 g/mol. The summed E-state index contributed by atoms with van der Waals surface area (Å²) in [5, 5.41) is 8.30. The van der Waals surface area contributed by atoms with Crippen molar-refractivity contribution < 1.29 is 9.53 Å². The van der Waals surface area contributed by atoms with Crippen LogP contribution in [0.5, 0.6) is 5.75 Å². The van der Waals surface area contributed by atoms with E-state index >= 15 is 0 Å². The summed E-state index contributed by atoms with van der Waals surface area (Å²) in [7, 11) is 1.61. The number of halogens is 1. The summed E-state index contributed by atoms with van der Waals surface area (Å²) < 4.78 is 5.07. The highest BCUT2D eigenvalue weighted by Crippen LogP contribution is 2.21. The lowest BCUT2D eigenvalue weighted by atomic mass is 10.0. The van der Waals surface area contributed by atoms with Crippen molar-refractivity contribution in [1.29, 1.82) is 0 Å². The number of carbonyl (C=O) groups excluding carboxylic acids is 1. The molecule has 18 heavy (non-hydrogen) atoms. The molecule has 1 aliphatic heterocycles. The maximum atomic E-state index is 12.0. The second-order valence-corrected chi connectivity index (χ2v) is 5.31. The highest BCUT2D eigenvalue weighted by molar-refractivity contribution is 7.12. The van der Waals surface area contributed by atoms with E-state index in [1.807, 2.05) is 5.38 Å². The van der Waals surface area contributed by atoms with Crippen molar-refractivity contribution >= 4 is 29.7 Å². The van der Waals surface area contributed by atoms with Crippen molar-refractivity contribution in [3.05, 3.63) is 16.3 Å². The molecular formula is C12H19ClN2O2S. The van der Waals surface area contributed by atoms with Gasteiger partial charge in [-0.05, 0) is 26.3 Å². The molecule has 4 nitrogen and oxygen atoms in total. The summed E-state index contributed by atoms with van der Waals surface area (Å²) >= 11 is 1.42. The zero-order valence-electron chi connectivity index (χ0n) is 10.6. The number of thiophene rings is 1. The summed E-state index contributed by atoms with van der Waals surface area (Å²) in [4.78, 5) is 12.7. The summed E-state index contributed by atoms with van der Waals surface area (Å²) in [5.74, 6) is 0.760. The van der Waals surface area contributed by atoms with Crippen LogP contribution in [0.2, 0.25) is 0 Å². The molecule has 0 saturated carbocycles. The molecule has 2 N–H and O–H groups in total. The van der Waals surface area contributed by atoms with Crippen LogP contribution in [0, 0.1) is 0 Å². The average molecular weight is 291 g/mol. The van der Waals surface area contributed by atoms with Crippen LogP contribution in [0.15, 0.2) is 11.4 Å². The molecule has 102 valence electrons. The van der Waals surface area contributed by atoms with Crippen LogP contribution in [-0.4, -0.2) is 31.6 Å². The highest BCUT2D eigenvalue weighted by atomic mass is 35.5. The Morgan fingerprint density at radius 3 is 3.00 bits per heavy atom. The van der Waals surface area contributed by atoms with E-state index in [9.17, 15) is 4.79 Å². The van der Waals surface area contributed by atoms with Gasteiger partial charge >= 0.3 is 0 Å². The van der Waals surface area contributed by atoms with Gasteiger partial charge in [-0.3, -0.25) is 4.79 Å². The Morgan fingerprint density at radius 1 is 1.61 bits per heavy atom. The first-order valence-electron chi connectivity index (χ1n) is 5.86. The zero-order chi connectivity index (χ0) is 12.3. The van der Waals surface area contributed by atoms with Gasteiger partial charge in [0.15, 0.2) is 0 Å². The fraction of sp³-hybridized carbons (Fsp3) is 0.583. The lowest BCUT2D eigenvalue weighted by Gasteiger charge is -2.28. The van der Waals surface area contributed by atoms with E-state index in [-0.39, 0.29) is 24.4 Å². The molecular weight excluding hydrogens is 272 g/mol. The summed E-state index contributed by atoms with van der Waals surface area (Å²) in [6.45, 7) is 3.12. The first-order valence-corrected chi connectivity index (χ1v) is 6.74. The predicted octanol–water partition coefficient (Wildman–Crippen LogP) is 2.05. The molecule has 6 heteroatoms. The number of methoxy groups -OCH3 is 1. The summed E-state index contributed by atoms with van der Waals surface area (Å²) in [6, 6.07) is 2.54. The number of piperidine rings is 1. The molecule has 0 radical (unpaired) electrons. The van der Waals surface area contributed by atoms with Crippen molar-refractivity contribution in [2.24, 2.45) is 0 Å². The van der Waals surface area contributed by atoms with E-state index in [2.05, 4.69) is 17.6 Å². The van der Waals surface area contributed by atoms with Crippen LogP contribution in [-0.2, 0) is 0 Å². The standard InChI is InChI=1S/C12H18N2O2S.ClH/c1-8-5-9(3-4-13-8)14-12(15)11-6-10(16-2)7-17-11;/h6-9,13H,3-5H2,1-2H3,(H,14,15);1H. The van der Waals surface area contributed by atoms with E-state index in [1.54, 1.807) is 13.2 Å². The second kappa shape index (κ2) is 6.97. The fourth-order valence-corrected chi connectivity index (χ4v) is 2.82. The first-order chi connectivity index (χ1) is 8.19. The maximum absolute atomic E-state index is 12.0. The van der Waals surface area contributed by atoms with Crippen molar-refractivity contribution in [2.75, 3.05) is 13.7 Å². The molecule has 0 bridgehead atoms. The summed E-state index contributed by atoms with van der Waals surface area (Å²) in [6.07, 6.45) is 1.99. The second-order valence-electron chi connectivity index (χ2n) is 4.40. The largest absolute Gasteiger partial charge is 0.496 e. The third kappa shape index (κ3) is 3.86. The van der Waals surface area contributed by atoms with Gasteiger partial charge in [0.05, 0.1) is 12.0 Å². The van der Waals surface area contributed by atoms with Crippen molar-refractivity contribution in [3.8, 4) is 5.75 Å². The Morgan fingerprint density at radius 2 is 2.39 bits per heavy atom. The molecule has 2 atom stereocenters. The average Bonchev–Trinajstić information content (AvgIpc) is 2.77. The van der Waals surface area contributed by atoms with Crippen molar-refractivity contribution in [1.82, 2.24) is 10.6 Å². The molecule has 0 aliphatic carbocycles. The lowest BCUT2D eigenvalue weighted by Crippen LogP contribution is -2.46. The molecule has 1 amide bonds. The third-order valence-corrected chi connectivity index (χ3v) is 3.90. The van der Waals surface area contributed by atoms with Crippen LogP contribution < -0.4 is 15.4 Å². The number of hydrogen-bond donors (Lipinski definition) is 2. The molecule has 0 spiro atoms. The smallest absolute Gasteiger partial charge is 0.261 e. The molecule has 1 aromatic heterocycles. The number of amides is 1. The Kier molecular flexibility index (Phi) is 5.91. The Labute approximate surface area is 118 Å². The van der Waals surface area contributed by atoms with E-state index in [1.165, 1.54) is 11.3 Å². The molecule has 1 fully saturated rings. The number of rotatable bonds is 3. The highest BCUT2D eigenvalue weighted by Gasteiger charge is 2.21. The van der Waals surface area contributed by atoms with E-state index in [0.717, 1.165) is 25.1 Å². The van der Waals surface area contributed by atoms with Crippen molar-refractivity contribution in [2.45, 2.75) is 31.8 Å². The zero-order valence-corrected chi connectivity index (χ0v) is 12.2. The molecule has 2 unspecified atom stereocenters. The Hall–Kier alpha value is -0.780. The molecule has 0 aromatic carbocycles. The van der Waals surface area contributed by atoms with Crippen molar-refractivity contribution in [3.63, 3.8) is 0 Å². The Balaban J connectivity index is 0.00000162. The topological polar surface area (TPSA) is 50.4 Å². The quantitative estimate of drug-likeness (QED) is 0.896. The van der Waals surface area contributed by atoms with Gasteiger partial charge in [-0.1, -0.05) is 0 Å². The van der Waals surface area contributed by atoms with Crippen LogP contribution in [0.4, 0.5) is 0 Å². The number of ether oxygens (including phenoxy) is 1. The van der Waals surface area contributed by atoms with E-state index in [0.29, 0.717) is 10.9 Å². The van der Waals surface area contributed by atoms with Gasteiger partial charge in [0, 0.05) is 23.5 Å². The number of hydrogen-bond acceptors (Lipinski definition) is 4. The van der Waals surface area contributed by atoms with Gasteiger partial charge in [0.2, 0.25) is 0 Å². The van der Waals surface area contributed by atoms with Crippen LogP contribution >= 0.6 is 23.7 Å². The number of nitrogens with one attached hydrogen (secondary N) is 2. The Bertz CT molecular complexity index is 397. The van der Waals surface area contributed by atoms with Gasteiger partial charge < -0.3 is 15.4 Å². The van der Waals surface area contributed by atoms with E-state index in [4.69, 9.17) is 4.74 Å². The SMILES string of the molecule is COc1csc(C(=O)NC2CCNC(C)C2)c1.Cl.